The van der Waals surface area contributed by atoms with Crippen LogP contribution < -0.4 is 11.2 Å². The third kappa shape index (κ3) is 4.54. The van der Waals surface area contributed by atoms with Gasteiger partial charge in [-0.25, -0.2) is 20.2 Å². The summed E-state index contributed by atoms with van der Waals surface area (Å²) in [6.07, 6.45) is 1.81. The first-order chi connectivity index (χ1) is 8.29. The smallest absolute Gasteiger partial charge is 0.428 e. The molecule has 1 aromatic heterocycles. The lowest BCUT2D eigenvalue weighted by Crippen LogP contribution is -2.29. The van der Waals surface area contributed by atoms with E-state index in [-0.39, 0.29) is 11.0 Å². The van der Waals surface area contributed by atoms with E-state index >= 15 is 0 Å². The highest BCUT2D eigenvalue weighted by Gasteiger charge is 2.15. The minimum absolute atomic E-state index is 0.150. The molecule has 7 nitrogen and oxygen atoms in total. The summed E-state index contributed by atoms with van der Waals surface area (Å²) in [6, 6.07) is 0. The normalized spacial score (nSPS) is 11.6. The Kier molecular flexibility index (Phi) is 4.43. The van der Waals surface area contributed by atoms with Crippen LogP contribution in [0.4, 0.5) is 10.6 Å². The van der Waals surface area contributed by atoms with Crippen molar-refractivity contribution in [3.05, 3.63) is 17.0 Å². The van der Waals surface area contributed by atoms with Crippen LogP contribution in [-0.4, -0.2) is 27.9 Å². The third-order valence-electron chi connectivity index (χ3n) is 1.61. The molecule has 0 aromatic carbocycles. The van der Waals surface area contributed by atoms with E-state index in [1.165, 1.54) is 12.5 Å². The van der Waals surface area contributed by atoms with Crippen molar-refractivity contribution in [2.24, 2.45) is 5.10 Å². The number of carbonyl (C=O) groups is 1. The predicted molar refractivity (Wildman–Crippen MR) is 68.4 cm³/mol. The average molecular weight is 272 g/mol. The molecule has 0 aliphatic rings. The number of amides is 1. The number of anilines is 1. The summed E-state index contributed by atoms with van der Waals surface area (Å²) >= 11 is 5.78. The molecule has 0 saturated carbocycles. The SMILES string of the molecule is CC(C)(C)OC(=O)N/N=C\c1c(N)ncnc1Cl. The van der Waals surface area contributed by atoms with Crippen molar-refractivity contribution >= 4 is 29.7 Å². The molecule has 18 heavy (non-hydrogen) atoms. The summed E-state index contributed by atoms with van der Waals surface area (Å²) in [7, 11) is 0. The second-order valence-corrected chi connectivity index (χ2v) is 4.69. The van der Waals surface area contributed by atoms with E-state index in [0.29, 0.717) is 5.56 Å². The van der Waals surface area contributed by atoms with Crippen LogP contribution in [0.2, 0.25) is 5.15 Å². The number of nitrogens with two attached hydrogens (primary N) is 1. The molecule has 1 amide bonds. The second kappa shape index (κ2) is 5.63. The number of aromatic nitrogens is 2. The van der Waals surface area contributed by atoms with E-state index < -0.39 is 11.7 Å². The fourth-order valence-electron chi connectivity index (χ4n) is 0.956. The minimum atomic E-state index is -0.676. The van der Waals surface area contributed by atoms with E-state index in [1.54, 1.807) is 20.8 Å². The molecule has 98 valence electrons. The molecule has 0 bridgehead atoms. The molecule has 0 atom stereocenters. The Morgan fingerprint density at radius 2 is 2.22 bits per heavy atom. The highest BCUT2D eigenvalue weighted by Crippen LogP contribution is 2.14. The van der Waals surface area contributed by atoms with Crippen LogP contribution in [0.5, 0.6) is 0 Å². The van der Waals surface area contributed by atoms with Gasteiger partial charge in [0, 0.05) is 0 Å². The average Bonchev–Trinajstić information content (AvgIpc) is 2.19. The molecule has 8 heteroatoms. The van der Waals surface area contributed by atoms with Crippen LogP contribution in [0, 0.1) is 0 Å². The number of hydrogen-bond acceptors (Lipinski definition) is 6. The number of rotatable bonds is 2. The van der Waals surface area contributed by atoms with Gasteiger partial charge in [-0.15, -0.1) is 0 Å². The van der Waals surface area contributed by atoms with Crippen molar-refractivity contribution < 1.29 is 9.53 Å². The number of halogens is 1. The number of nitrogens with one attached hydrogen (secondary N) is 1. The number of hydrazone groups is 1. The van der Waals surface area contributed by atoms with Gasteiger partial charge < -0.3 is 10.5 Å². The first-order valence-corrected chi connectivity index (χ1v) is 5.45. The van der Waals surface area contributed by atoms with Gasteiger partial charge in [-0.2, -0.15) is 5.10 Å². The first kappa shape index (κ1) is 14.2. The molecular formula is C10H14ClN5O2. The van der Waals surface area contributed by atoms with Gasteiger partial charge in [0.15, 0.2) is 0 Å². The molecule has 1 aromatic rings. The number of nitrogens with zero attached hydrogens (tertiary/aromatic N) is 3. The number of ether oxygens (including phenoxy) is 1. The standard InChI is InChI=1S/C10H14ClN5O2/c1-10(2,3)18-9(17)16-15-4-6-7(11)13-5-14-8(6)12/h4-5H,1-3H3,(H,16,17)(H2,12,13,14)/b15-4-. The van der Waals surface area contributed by atoms with Crippen LogP contribution >= 0.6 is 11.6 Å². The van der Waals surface area contributed by atoms with Gasteiger partial charge in [-0.1, -0.05) is 11.6 Å². The molecule has 0 unspecified atom stereocenters. The maximum Gasteiger partial charge on any atom is 0.428 e. The molecule has 0 fully saturated rings. The van der Waals surface area contributed by atoms with Crippen LogP contribution in [0.1, 0.15) is 26.3 Å². The van der Waals surface area contributed by atoms with Crippen LogP contribution in [0.15, 0.2) is 11.4 Å². The summed E-state index contributed by atoms with van der Waals surface area (Å²) in [4.78, 5) is 18.8. The van der Waals surface area contributed by atoms with Gasteiger partial charge in [0.25, 0.3) is 0 Å². The van der Waals surface area contributed by atoms with Crippen LogP contribution in [0.3, 0.4) is 0 Å². The Bertz CT molecular complexity index is 450. The number of hydrogen-bond donors (Lipinski definition) is 2. The molecule has 0 saturated heterocycles. The summed E-state index contributed by atoms with van der Waals surface area (Å²) in [6.45, 7) is 5.24. The van der Waals surface area contributed by atoms with Crippen LogP contribution in [-0.2, 0) is 4.74 Å². The Morgan fingerprint density at radius 3 is 2.78 bits per heavy atom. The quantitative estimate of drug-likeness (QED) is 0.483. The third-order valence-corrected chi connectivity index (χ3v) is 1.92. The van der Waals surface area contributed by atoms with Gasteiger partial charge in [0.1, 0.15) is 22.9 Å². The van der Waals surface area contributed by atoms with Crippen molar-refractivity contribution in [1.82, 2.24) is 15.4 Å². The molecule has 1 rings (SSSR count). The Balaban J connectivity index is 2.63. The number of carbonyl (C=O) groups excluding carboxylic acids is 1. The molecule has 0 spiro atoms. The van der Waals surface area contributed by atoms with Gasteiger partial charge >= 0.3 is 6.09 Å². The van der Waals surface area contributed by atoms with E-state index in [9.17, 15) is 4.79 Å². The van der Waals surface area contributed by atoms with Crippen molar-refractivity contribution in [1.29, 1.82) is 0 Å². The molecule has 0 aliphatic carbocycles. The summed E-state index contributed by atoms with van der Waals surface area (Å²) in [5.41, 5.74) is 7.49. The van der Waals surface area contributed by atoms with Gasteiger partial charge in [-0.3, -0.25) is 0 Å². The van der Waals surface area contributed by atoms with Gasteiger partial charge in [0.2, 0.25) is 0 Å². The zero-order chi connectivity index (χ0) is 13.8. The zero-order valence-corrected chi connectivity index (χ0v) is 11.0. The second-order valence-electron chi connectivity index (χ2n) is 4.34. The topological polar surface area (TPSA) is 102 Å². The minimum Gasteiger partial charge on any atom is -0.443 e. The summed E-state index contributed by atoms with van der Waals surface area (Å²) in [5, 5.41) is 3.80. The summed E-state index contributed by atoms with van der Waals surface area (Å²) < 4.78 is 4.98. The molecule has 0 radical (unpaired) electrons. The molecule has 3 N–H and O–H groups in total. The highest BCUT2D eigenvalue weighted by atomic mass is 35.5. The highest BCUT2D eigenvalue weighted by molar-refractivity contribution is 6.32. The van der Waals surface area contributed by atoms with E-state index in [1.807, 2.05) is 0 Å². The van der Waals surface area contributed by atoms with Crippen molar-refractivity contribution in [3.8, 4) is 0 Å². The van der Waals surface area contributed by atoms with Crippen molar-refractivity contribution in [2.45, 2.75) is 26.4 Å². The molecule has 1 heterocycles. The first-order valence-electron chi connectivity index (χ1n) is 5.07. The maximum atomic E-state index is 11.3. The Morgan fingerprint density at radius 1 is 1.56 bits per heavy atom. The maximum absolute atomic E-state index is 11.3. The lowest BCUT2D eigenvalue weighted by molar-refractivity contribution is 0.0529. The van der Waals surface area contributed by atoms with Crippen molar-refractivity contribution in [2.75, 3.05) is 5.73 Å². The number of nitrogen functional groups attached to an aromatic ring is 1. The molecule has 0 aliphatic heterocycles. The van der Waals surface area contributed by atoms with E-state index in [4.69, 9.17) is 22.1 Å². The monoisotopic (exact) mass is 271 g/mol. The largest absolute Gasteiger partial charge is 0.443 e. The lowest BCUT2D eigenvalue weighted by Gasteiger charge is -2.18. The van der Waals surface area contributed by atoms with Gasteiger partial charge in [0.05, 0.1) is 11.8 Å². The van der Waals surface area contributed by atoms with E-state index in [2.05, 4.69) is 20.5 Å². The Hall–Kier alpha value is -1.89. The fourth-order valence-corrected chi connectivity index (χ4v) is 1.15. The van der Waals surface area contributed by atoms with Crippen LogP contribution in [0.25, 0.3) is 0 Å². The summed E-state index contributed by atoms with van der Waals surface area (Å²) in [5.74, 6) is 0.171. The predicted octanol–water partition coefficient (Wildman–Crippen LogP) is 1.57. The van der Waals surface area contributed by atoms with Crippen molar-refractivity contribution in [3.63, 3.8) is 0 Å². The van der Waals surface area contributed by atoms with E-state index in [0.717, 1.165) is 0 Å². The zero-order valence-electron chi connectivity index (χ0n) is 10.3. The lowest BCUT2D eigenvalue weighted by atomic mass is 10.2. The van der Waals surface area contributed by atoms with Gasteiger partial charge in [-0.05, 0) is 20.8 Å². The Labute approximate surface area is 109 Å². The fraction of sp³-hybridized carbons (Fsp3) is 0.400. The molecular weight excluding hydrogens is 258 g/mol.